The topological polar surface area (TPSA) is 197 Å². The first-order chi connectivity index (χ1) is 13.2. The molecule has 13 nitrogen and oxygen atoms in total. The lowest BCUT2D eigenvalue weighted by Gasteiger charge is -2.39. The highest BCUT2D eigenvalue weighted by Gasteiger charge is 2.46. The molecule has 5 N–H and O–H groups in total. The molecule has 0 bridgehead atoms. The Bertz CT molecular complexity index is 569. The molecular formula is C15H23NO12. The highest BCUT2D eigenvalue weighted by molar-refractivity contribution is 5.75. The minimum Gasteiger partial charge on any atom is -0.600 e. The maximum Gasteiger partial charge on any atom is 0.311 e. The molecule has 2 fully saturated rings. The normalized spacial score (nSPS) is 33.8. The molecule has 2 heterocycles. The van der Waals surface area contributed by atoms with Gasteiger partial charge in [-0.3, -0.25) is 14.4 Å². The summed E-state index contributed by atoms with van der Waals surface area (Å²) in [4.78, 5) is 34.5. The first kappa shape index (κ1) is 22.4. The van der Waals surface area contributed by atoms with Crippen molar-refractivity contribution in [3.05, 3.63) is 5.21 Å². The predicted octanol–water partition coefficient (Wildman–Crippen LogP) is -4.00. The molecule has 0 radical (unpaired) electrons. The summed E-state index contributed by atoms with van der Waals surface area (Å²) >= 11 is 0. The van der Waals surface area contributed by atoms with Crippen LogP contribution in [0.3, 0.4) is 0 Å². The number of ether oxygens (including phenoxy) is 4. The van der Waals surface area contributed by atoms with Crippen molar-refractivity contribution in [2.75, 3.05) is 19.8 Å². The number of carbonyl (C=O) groups is 3. The van der Waals surface area contributed by atoms with Gasteiger partial charge in [0, 0.05) is 5.92 Å². The number of rotatable bonds is 8. The second-order valence-electron chi connectivity index (χ2n) is 6.54. The molecule has 0 aromatic heterocycles. The van der Waals surface area contributed by atoms with Crippen molar-refractivity contribution in [3.8, 4) is 0 Å². The van der Waals surface area contributed by atoms with Crippen molar-refractivity contribution in [1.29, 1.82) is 0 Å². The lowest BCUT2D eigenvalue weighted by atomic mass is 9.99. The summed E-state index contributed by atoms with van der Waals surface area (Å²) in [6, 6.07) is 0. The molecule has 2 aliphatic rings. The van der Waals surface area contributed by atoms with Crippen LogP contribution in [0.4, 0.5) is 0 Å². The number of aliphatic hydroxyl groups excluding tert-OH is 3. The molecule has 0 aromatic carbocycles. The molecule has 0 saturated carbocycles. The zero-order chi connectivity index (χ0) is 20.8. The second kappa shape index (κ2) is 10.1. The number of carbonyl (C=O) groups excluding carboxylic acids is 3. The van der Waals surface area contributed by atoms with E-state index in [1.807, 2.05) is 0 Å². The second-order valence-corrected chi connectivity index (χ2v) is 6.54. The number of hydrogen-bond donors (Lipinski definition) is 5. The average molecular weight is 409 g/mol. The largest absolute Gasteiger partial charge is 0.600 e. The Hall–Kier alpha value is -1.87. The zero-order valence-corrected chi connectivity index (χ0v) is 14.8. The van der Waals surface area contributed by atoms with E-state index >= 15 is 0 Å². The summed E-state index contributed by atoms with van der Waals surface area (Å²) in [6.45, 7) is -0.928. The third-order valence-electron chi connectivity index (χ3n) is 4.26. The zero-order valence-electron chi connectivity index (χ0n) is 14.8. The van der Waals surface area contributed by atoms with Crippen LogP contribution >= 0.6 is 0 Å². The number of hydroxylamine groups is 2. The van der Waals surface area contributed by atoms with Crippen LogP contribution in [-0.4, -0.2) is 88.9 Å². The van der Waals surface area contributed by atoms with Crippen LogP contribution in [0.1, 0.15) is 19.3 Å². The van der Waals surface area contributed by atoms with E-state index in [9.17, 15) is 34.9 Å². The number of hydrogen-bond acceptors (Lipinski definition) is 12. The van der Waals surface area contributed by atoms with Crippen LogP contribution in [0.15, 0.2) is 0 Å². The van der Waals surface area contributed by atoms with Crippen molar-refractivity contribution >= 4 is 17.9 Å². The fourth-order valence-electron chi connectivity index (χ4n) is 2.72. The Kier molecular flexibility index (Phi) is 8.06. The van der Waals surface area contributed by atoms with Gasteiger partial charge < -0.3 is 39.5 Å². The number of cyclic esters (lactones) is 1. The fraction of sp³-hybridized carbons (Fsp3) is 0.800. The maximum atomic E-state index is 12.0. The molecule has 0 aliphatic carbocycles. The number of esters is 3. The molecule has 2 saturated heterocycles. The van der Waals surface area contributed by atoms with E-state index in [2.05, 4.69) is 0 Å². The third kappa shape index (κ3) is 6.34. The number of aliphatic hydroxyl groups is 3. The van der Waals surface area contributed by atoms with Crippen molar-refractivity contribution in [2.24, 2.45) is 5.92 Å². The molecule has 0 spiro atoms. The Labute approximate surface area is 158 Å². The molecule has 0 amide bonds. The van der Waals surface area contributed by atoms with Gasteiger partial charge in [-0.2, -0.15) is 0 Å². The van der Waals surface area contributed by atoms with Crippen LogP contribution in [-0.2, 0) is 33.3 Å². The van der Waals surface area contributed by atoms with Gasteiger partial charge in [0.2, 0.25) is 6.29 Å². The maximum absolute atomic E-state index is 12.0. The summed E-state index contributed by atoms with van der Waals surface area (Å²) in [5.74, 6) is -2.48. The van der Waals surface area contributed by atoms with Crippen LogP contribution in [0.2, 0.25) is 0 Å². The Morgan fingerprint density at radius 1 is 1.18 bits per heavy atom. The van der Waals surface area contributed by atoms with Gasteiger partial charge in [0.15, 0.2) is 0 Å². The van der Waals surface area contributed by atoms with E-state index in [0.717, 1.165) is 0 Å². The quantitative estimate of drug-likeness (QED) is 0.148. The number of quaternary nitrogens is 1. The van der Waals surface area contributed by atoms with Gasteiger partial charge in [-0.05, 0) is 0 Å². The van der Waals surface area contributed by atoms with Crippen molar-refractivity contribution in [2.45, 2.75) is 50.0 Å². The van der Waals surface area contributed by atoms with Gasteiger partial charge in [-0.15, -0.1) is 0 Å². The Morgan fingerprint density at radius 2 is 1.89 bits per heavy atom. The van der Waals surface area contributed by atoms with E-state index in [1.165, 1.54) is 0 Å². The molecule has 160 valence electrons. The van der Waals surface area contributed by atoms with E-state index in [1.54, 1.807) is 0 Å². The van der Waals surface area contributed by atoms with Crippen molar-refractivity contribution in [3.63, 3.8) is 0 Å². The fourth-order valence-corrected chi connectivity index (χ4v) is 2.72. The number of nitrogens with one attached hydrogen (secondary N) is 1. The van der Waals surface area contributed by atoms with E-state index in [-0.39, 0.29) is 25.4 Å². The lowest BCUT2D eigenvalue weighted by Crippen LogP contribution is -3.04. The van der Waals surface area contributed by atoms with Crippen LogP contribution in [0, 0.1) is 11.1 Å². The van der Waals surface area contributed by atoms with E-state index < -0.39 is 73.4 Å². The highest BCUT2D eigenvalue weighted by atomic mass is 16.8. The standard InChI is InChI=1S/C15H23NO12/c17-9(1-2-16(23)24)26-6-8-12(20)13(21)14(22)15(27-8)28-11(19)4-7-3-10(18)25-5-7/h7-8,12-16,20-23H,1-6H2/t7-,8+,12+,13-,14+,15-/m0/s1. The summed E-state index contributed by atoms with van der Waals surface area (Å²) in [5.41, 5.74) is 0. The summed E-state index contributed by atoms with van der Waals surface area (Å²) in [6.07, 6.45) is -8.61. The van der Waals surface area contributed by atoms with Gasteiger partial charge in [0.1, 0.15) is 37.6 Å². The van der Waals surface area contributed by atoms with Crippen molar-refractivity contribution < 1.29 is 59.1 Å². The predicted molar refractivity (Wildman–Crippen MR) is 83.0 cm³/mol. The van der Waals surface area contributed by atoms with Crippen LogP contribution < -0.4 is 5.23 Å². The molecule has 1 unspecified atom stereocenters. The van der Waals surface area contributed by atoms with Gasteiger partial charge in [-0.25, -0.2) is 10.4 Å². The molecule has 13 heteroatoms. The minimum atomic E-state index is -1.75. The summed E-state index contributed by atoms with van der Waals surface area (Å²) in [7, 11) is 0. The third-order valence-corrected chi connectivity index (χ3v) is 4.26. The smallest absolute Gasteiger partial charge is 0.311 e. The van der Waals surface area contributed by atoms with Crippen molar-refractivity contribution in [1.82, 2.24) is 0 Å². The molecule has 2 rings (SSSR count). The van der Waals surface area contributed by atoms with Gasteiger partial charge in [0.25, 0.3) is 0 Å². The average Bonchev–Trinajstić information content (AvgIpc) is 3.03. The summed E-state index contributed by atoms with van der Waals surface area (Å²) in [5, 5.41) is 47.5. The van der Waals surface area contributed by atoms with Gasteiger partial charge in [0.05, 0.1) is 25.9 Å². The first-order valence-electron chi connectivity index (χ1n) is 8.59. The van der Waals surface area contributed by atoms with E-state index in [4.69, 9.17) is 24.2 Å². The molecule has 0 aromatic rings. The van der Waals surface area contributed by atoms with Crippen LogP contribution in [0.5, 0.6) is 0 Å². The monoisotopic (exact) mass is 409 g/mol. The van der Waals surface area contributed by atoms with E-state index in [0.29, 0.717) is 0 Å². The molecular weight excluding hydrogens is 386 g/mol. The molecule has 2 aliphatic heterocycles. The first-order valence-corrected chi connectivity index (χ1v) is 8.59. The molecule has 28 heavy (non-hydrogen) atoms. The SMILES string of the molecule is O=C(CC[NH+]([O-])O)OC[C@H]1O[C@@H](OC(=O)C[C@H]2COC(=O)C2)[C@H](O)[C@@H](O)[C@@H]1O. The summed E-state index contributed by atoms with van der Waals surface area (Å²) < 4.78 is 19.7. The minimum absolute atomic E-state index is 0.0550. The Morgan fingerprint density at radius 3 is 2.50 bits per heavy atom. The lowest BCUT2D eigenvalue weighted by molar-refractivity contribution is -1.05. The van der Waals surface area contributed by atoms with Crippen LogP contribution in [0.25, 0.3) is 0 Å². The molecule has 7 atom stereocenters. The van der Waals surface area contributed by atoms with Gasteiger partial charge >= 0.3 is 17.9 Å². The van der Waals surface area contributed by atoms with Gasteiger partial charge in [-0.1, -0.05) is 0 Å². The highest BCUT2D eigenvalue weighted by Crippen LogP contribution is 2.24. The Balaban J connectivity index is 1.85.